The number of aliphatic hydroxyl groups excluding tert-OH is 1. The monoisotopic (exact) mass is 304 g/mol. The summed E-state index contributed by atoms with van der Waals surface area (Å²) in [5.74, 6) is 5.49. The molecule has 0 aromatic heterocycles. The third kappa shape index (κ3) is 5.11. The number of carbonyl (C=O) groups is 1. The maximum Gasteiger partial charge on any atom is 0.253 e. The Morgan fingerprint density at radius 3 is 2.76 bits per heavy atom. The van der Waals surface area contributed by atoms with Crippen LogP contribution in [0.4, 0.5) is 0 Å². The lowest BCUT2D eigenvalue weighted by Gasteiger charge is -2.19. The number of hydrogen-bond donors (Lipinski definition) is 1. The molecule has 0 radical (unpaired) electrons. The number of nitrogens with zero attached hydrogens (tertiary/aromatic N) is 2. The van der Waals surface area contributed by atoms with Crippen LogP contribution in [0.25, 0.3) is 0 Å². The Morgan fingerprint density at radius 1 is 1.43 bits per heavy atom. The van der Waals surface area contributed by atoms with Crippen molar-refractivity contribution < 1.29 is 9.90 Å². The highest BCUT2D eigenvalue weighted by Gasteiger charge is 2.14. The van der Waals surface area contributed by atoms with E-state index >= 15 is 0 Å². The van der Waals surface area contributed by atoms with Crippen molar-refractivity contribution in [2.24, 2.45) is 0 Å². The van der Waals surface area contributed by atoms with Crippen molar-refractivity contribution in [3.63, 3.8) is 0 Å². The molecule has 0 saturated heterocycles. The molecule has 1 aromatic rings. The molecule has 0 unspecified atom stereocenters. The minimum Gasteiger partial charge on any atom is -0.395 e. The quantitative estimate of drug-likeness (QED) is 0.850. The average Bonchev–Trinajstić information content (AvgIpc) is 2.49. The first-order valence-corrected chi connectivity index (χ1v) is 7.07. The molecule has 0 atom stereocenters. The van der Waals surface area contributed by atoms with Gasteiger partial charge in [0.1, 0.15) is 0 Å². The number of carbonyl (C=O) groups excluding carboxylic acids is 1. The molecule has 1 amide bonds. The van der Waals surface area contributed by atoms with Gasteiger partial charge in [-0.3, -0.25) is 4.79 Å². The zero-order valence-electron chi connectivity index (χ0n) is 11.9. The fourth-order valence-electron chi connectivity index (χ4n) is 1.73. The van der Waals surface area contributed by atoms with E-state index in [1.807, 2.05) is 13.0 Å². The Hall–Kier alpha value is -2.01. The summed E-state index contributed by atoms with van der Waals surface area (Å²) in [4.78, 5) is 13.9. The molecule has 0 aliphatic heterocycles. The van der Waals surface area contributed by atoms with Crippen LogP contribution in [0.15, 0.2) is 18.2 Å². The van der Waals surface area contributed by atoms with E-state index < -0.39 is 0 Å². The van der Waals surface area contributed by atoms with Crippen molar-refractivity contribution in [1.82, 2.24) is 4.90 Å². The van der Waals surface area contributed by atoms with Crippen molar-refractivity contribution in [3.05, 3.63) is 34.3 Å². The third-order valence-corrected chi connectivity index (χ3v) is 3.15. The molecule has 0 heterocycles. The van der Waals surface area contributed by atoms with Gasteiger partial charge in [0, 0.05) is 30.6 Å². The molecule has 0 bridgehead atoms. The number of aliphatic hydroxyl groups is 1. The Labute approximate surface area is 129 Å². The van der Waals surface area contributed by atoms with Gasteiger partial charge in [-0.15, -0.1) is 0 Å². The van der Waals surface area contributed by atoms with E-state index in [0.717, 1.165) is 0 Å². The van der Waals surface area contributed by atoms with Crippen molar-refractivity contribution in [2.75, 3.05) is 19.7 Å². The minimum absolute atomic E-state index is 0.00550. The van der Waals surface area contributed by atoms with Crippen LogP contribution in [0.2, 0.25) is 5.02 Å². The summed E-state index contributed by atoms with van der Waals surface area (Å²) >= 11 is 6.12. The van der Waals surface area contributed by atoms with Crippen LogP contribution in [0.3, 0.4) is 0 Å². The van der Waals surface area contributed by atoms with Crippen molar-refractivity contribution >= 4 is 17.5 Å². The normalized spacial score (nSPS) is 9.43. The lowest BCUT2D eigenvalue weighted by molar-refractivity contribution is 0.0768. The molecular formula is C16H17ClN2O2. The first kappa shape index (κ1) is 17.0. The SMILES string of the molecule is CCN(CCC#N)C(=O)c1ccc(C#CCCO)c(Cl)c1. The molecule has 0 aliphatic rings. The summed E-state index contributed by atoms with van der Waals surface area (Å²) in [5.41, 5.74) is 1.11. The molecule has 110 valence electrons. The van der Waals surface area contributed by atoms with Gasteiger partial charge in [-0.2, -0.15) is 5.26 Å². The Balaban J connectivity index is 2.90. The maximum absolute atomic E-state index is 12.3. The van der Waals surface area contributed by atoms with Gasteiger partial charge in [0.15, 0.2) is 0 Å². The Kier molecular flexibility index (Phi) is 7.32. The van der Waals surface area contributed by atoms with Crippen molar-refractivity contribution in [3.8, 4) is 17.9 Å². The van der Waals surface area contributed by atoms with E-state index in [-0.39, 0.29) is 12.5 Å². The van der Waals surface area contributed by atoms with Crippen LogP contribution in [0, 0.1) is 23.2 Å². The van der Waals surface area contributed by atoms with Crippen LogP contribution in [-0.2, 0) is 0 Å². The molecule has 21 heavy (non-hydrogen) atoms. The summed E-state index contributed by atoms with van der Waals surface area (Å²) in [6.07, 6.45) is 0.687. The van der Waals surface area contributed by atoms with Gasteiger partial charge in [0.2, 0.25) is 0 Å². The summed E-state index contributed by atoms with van der Waals surface area (Å²) in [6.45, 7) is 2.81. The van der Waals surface area contributed by atoms with Gasteiger partial charge in [-0.1, -0.05) is 23.4 Å². The maximum atomic E-state index is 12.3. The van der Waals surface area contributed by atoms with Gasteiger partial charge in [0.05, 0.1) is 24.1 Å². The fraction of sp³-hybridized carbons (Fsp3) is 0.375. The van der Waals surface area contributed by atoms with Crippen molar-refractivity contribution in [2.45, 2.75) is 19.8 Å². The number of benzene rings is 1. The molecule has 1 N–H and O–H groups in total. The smallest absolute Gasteiger partial charge is 0.253 e. The predicted molar refractivity (Wildman–Crippen MR) is 81.8 cm³/mol. The molecule has 4 nitrogen and oxygen atoms in total. The van der Waals surface area contributed by atoms with Crippen LogP contribution in [-0.4, -0.2) is 35.6 Å². The molecular weight excluding hydrogens is 288 g/mol. The Morgan fingerprint density at radius 2 is 2.19 bits per heavy atom. The zero-order chi connectivity index (χ0) is 15.7. The second-order valence-electron chi connectivity index (χ2n) is 4.26. The average molecular weight is 305 g/mol. The van der Waals surface area contributed by atoms with Gasteiger partial charge in [-0.05, 0) is 25.1 Å². The molecule has 0 saturated carbocycles. The number of rotatable bonds is 5. The standard InChI is InChI=1S/C16H17ClN2O2/c1-2-19(10-5-9-18)16(21)14-8-7-13(15(17)12-14)6-3-4-11-20/h7-8,12,20H,2,4-5,10-11H2,1H3. The van der Waals surface area contributed by atoms with E-state index in [2.05, 4.69) is 11.8 Å². The molecule has 1 rings (SSSR count). The second-order valence-corrected chi connectivity index (χ2v) is 4.67. The largest absolute Gasteiger partial charge is 0.395 e. The van der Waals surface area contributed by atoms with Gasteiger partial charge in [0.25, 0.3) is 5.91 Å². The predicted octanol–water partition coefficient (Wildman–Crippen LogP) is 2.45. The van der Waals surface area contributed by atoms with Crippen LogP contribution in [0.5, 0.6) is 0 Å². The summed E-state index contributed by atoms with van der Waals surface area (Å²) in [7, 11) is 0. The number of hydrogen-bond acceptors (Lipinski definition) is 3. The van der Waals surface area contributed by atoms with Crippen molar-refractivity contribution in [1.29, 1.82) is 5.26 Å². The molecule has 0 spiro atoms. The van der Waals surface area contributed by atoms with Gasteiger partial charge >= 0.3 is 0 Å². The molecule has 5 heteroatoms. The van der Waals surface area contributed by atoms with E-state index in [1.165, 1.54) is 0 Å². The van der Waals surface area contributed by atoms with Gasteiger partial charge < -0.3 is 10.0 Å². The molecule has 1 aromatic carbocycles. The van der Waals surface area contributed by atoms with Crippen LogP contribution < -0.4 is 0 Å². The minimum atomic E-state index is -0.149. The highest BCUT2D eigenvalue weighted by atomic mass is 35.5. The number of halogens is 1. The van der Waals surface area contributed by atoms with E-state index in [0.29, 0.717) is 42.1 Å². The highest BCUT2D eigenvalue weighted by molar-refractivity contribution is 6.32. The van der Waals surface area contributed by atoms with Crippen LogP contribution >= 0.6 is 11.6 Å². The molecule has 0 aliphatic carbocycles. The third-order valence-electron chi connectivity index (χ3n) is 2.84. The number of amides is 1. The topological polar surface area (TPSA) is 64.3 Å². The first-order valence-electron chi connectivity index (χ1n) is 6.69. The summed E-state index contributed by atoms with van der Waals surface area (Å²) < 4.78 is 0. The Bertz CT molecular complexity index is 597. The zero-order valence-corrected chi connectivity index (χ0v) is 12.7. The number of nitriles is 1. The van der Waals surface area contributed by atoms with E-state index in [9.17, 15) is 4.79 Å². The van der Waals surface area contributed by atoms with Gasteiger partial charge in [-0.25, -0.2) is 0 Å². The van der Waals surface area contributed by atoms with E-state index in [1.54, 1.807) is 23.1 Å². The van der Waals surface area contributed by atoms with Crippen LogP contribution in [0.1, 0.15) is 35.7 Å². The van der Waals surface area contributed by atoms with E-state index in [4.69, 9.17) is 22.0 Å². The lowest BCUT2D eigenvalue weighted by atomic mass is 10.1. The summed E-state index contributed by atoms with van der Waals surface area (Å²) in [6, 6.07) is 6.98. The fourth-order valence-corrected chi connectivity index (χ4v) is 1.96. The molecule has 0 fully saturated rings. The first-order chi connectivity index (χ1) is 10.1. The highest BCUT2D eigenvalue weighted by Crippen LogP contribution is 2.18. The lowest BCUT2D eigenvalue weighted by Crippen LogP contribution is -2.31. The summed E-state index contributed by atoms with van der Waals surface area (Å²) in [5, 5.41) is 17.7. The second kappa shape index (κ2) is 9.02.